The van der Waals surface area contributed by atoms with Gasteiger partial charge in [0.25, 0.3) is 0 Å². The third kappa shape index (κ3) is 4.54. The van der Waals surface area contributed by atoms with Gasteiger partial charge in [-0.15, -0.1) is 0 Å². The molecule has 0 saturated heterocycles. The Bertz CT molecular complexity index is 976. The summed E-state index contributed by atoms with van der Waals surface area (Å²) in [7, 11) is 0. The van der Waals surface area contributed by atoms with Crippen molar-refractivity contribution in [2.75, 3.05) is 0 Å². The minimum absolute atomic E-state index is 0.114. The standard InChI is InChI=1S/C25H27NO4S/c27-23-20(26-24(28)21(31)13-15-7-2-1-3-8-15)14-16-9-4-5-10-17(16)18-11-6-12-19(22(18)23)25(29)30/h1-5,7-10,18-22,31H,6,11-14H2,(H,26,28)(H,29,30)/t18?,19-,20+,21-,22?/m1/s1. The van der Waals surface area contributed by atoms with Crippen molar-refractivity contribution in [2.45, 2.75) is 49.3 Å². The molecule has 5 atom stereocenters. The first-order valence-electron chi connectivity index (χ1n) is 10.8. The fourth-order valence-electron chi connectivity index (χ4n) is 5.17. The van der Waals surface area contributed by atoms with Gasteiger partial charge in [0.05, 0.1) is 17.2 Å². The molecular formula is C25H27NO4S. The third-order valence-corrected chi connectivity index (χ3v) is 7.07. The molecular weight excluding hydrogens is 410 g/mol. The lowest BCUT2D eigenvalue weighted by atomic mass is 9.67. The number of ketones is 1. The van der Waals surface area contributed by atoms with Crippen LogP contribution in [-0.4, -0.2) is 34.1 Å². The number of benzene rings is 2. The summed E-state index contributed by atoms with van der Waals surface area (Å²) in [6.45, 7) is 0. The number of hydrogen-bond acceptors (Lipinski definition) is 4. The normalized spacial score (nSPS) is 26.2. The molecule has 1 fully saturated rings. The summed E-state index contributed by atoms with van der Waals surface area (Å²) in [6.07, 6.45) is 2.91. The van der Waals surface area contributed by atoms with Crippen molar-refractivity contribution in [1.29, 1.82) is 0 Å². The highest BCUT2D eigenvalue weighted by molar-refractivity contribution is 7.81. The van der Waals surface area contributed by atoms with Crippen LogP contribution >= 0.6 is 12.6 Å². The Morgan fingerprint density at radius 1 is 1.06 bits per heavy atom. The zero-order chi connectivity index (χ0) is 22.0. The molecule has 4 rings (SSSR count). The van der Waals surface area contributed by atoms with Crippen molar-refractivity contribution in [3.8, 4) is 0 Å². The van der Waals surface area contributed by atoms with Crippen molar-refractivity contribution >= 4 is 30.3 Å². The molecule has 2 N–H and O–H groups in total. The van der Waals surface area contributed by atoms with E-state index in [1.807, 2.05) is 54.6 Å². The maximum absolute atomic E-state index is 13.6. The molecule has 0 aromatic heterocycles. The van der Waals surface area contributed by atoms with Gasteiger partial charge in [-0.25, -0.2) is 0 Å². The Hall–Kier alpha value is -2.60. The molecule has 2 aliphatic carbocycles. The molecule has 2 aromatic rings. The van der Waals surface area contributed by atoms with Gasteiger partial charge < -0.3 is 10.4 Å². The Kier molecular flexibility index (Phi) is 6.46. The zero-order valence-corrected chi connectivity index (χ0v) is 18.1. The molecule has 2 aromatic carbocycles. The maximum Gasteiger partial charge on any atom is 0.307 e. The molecule has 6 heteroatoms. The number of fused-ring (bicyclic) bond motifs is 3. The minimum Gasteiger partial charge on any atom is -0.481 e. The first-order chi connectivity index (χ1) is 15.0. The van der Waals surface area contributed by atoms with E-state index in [0.717, 1.165) is 29.5 Å². The molecule has 5 nitrogen and oxygen atoms in total. The first kappa shape index (κ1) is 21.6. The molecule has 2 aliphatic rings. The number of carboxylic acids is 1. The van der Waals surface area contributed by atoms with Crippen LogP contribution in [0.1, 0.15) is 41.9 Å². The number of carbonyl (C=O) groups excluding carboxylic acids is 2. The van der Waals surface area contributed by atoms with Gasteiger partial charge in [-0.3, -0.25) is 14.4 Å². The van der Waals surface area contributed by atoms with E-state index in [-0.39, 0.29) is 17.6 Å². The summed E-state index contributed by atoms with van der Waals surface area (Å²) >= 11 is 4.47. The van der Waals surface area contributed by atoms with Gasteiger partial charge in [-0.05, 0) is 41.9 Å². The van der Waals surface area contributed by atoms with Gasteiger partial charge in [-0.2, -0.15) is 12.6 Å². The average molecular weight is 438 g/mol. The number of thiol groups is 1. The molecule has 1 amide bonds. The maximum atomic E-state index is 13.6. The fourth-order valence-corrected chi connectivity index (χ4v) is 5.46. The van der Waals surface area contributed by atoms with Gasteiger partial charge in [0, 0.05) is 12.3 Å². The van der Waals surface area contributed by atoms with Crippen LogP contribution in [0.2, 0.25) is 0 Å². The van der Waals surface area contributed by atoms with Gasteiger partial charge in [0.1, 0.15) is 0 Å². The van der Waals surface area contributed by atoms with Crippen LogP contribution in [0.5, 0.6) is 0 Å². The van der Waals surface area contributed by atoms with Crippen molar-refractivity contribution in [1.82, 2.24) is 5.32 Å². The predicted molar refractivity (Wildman–Crippen MR) is 121 cm³/mol. The van der Waals surface area contributed by atoms with Crippen LogP contribution in [-0.2, 0) is 27.2 Å². The summed E-state index contributed by atoms with van der Waals surface area (Å²) < 4.78 is 0. The third-order valence-electron chi connectivity index (χ3n) is 6.66. The number of nitrogens with one attached hydrogen (secondary N) is 1. The number of amides is 1. The van der Waals surface area contributed by atoms with Crippen molar-refractivity contribution < 1.29 is 19.5 Å². The van der Waals surface area contributed by atoms with E-state index in [1.54, 1.807) is 0 Å². The highest BCUT2D eigenvalue weighted by Gasteiger charge is 2.47. The van der Waals surface area contributed by atoms with Crippen LogP contribution in [0.15, 0.2) is 54.6 Å². The second-order valence-corrected chi connectivity index (χ2v) is 9.20. The number of hydrogen-bond donors (Lipinski definition) is 3. The van der Waals surface area contributed by atoms with Crippen LogP contribution in [0.3, 0.4) is 0 Å². The first-order valence-corrected chi connectivity index (χ1v) is 11.3. The Morgan fingerprint density at radius 2 is 1.77 bits per heavy atom. The molecule has 31 heavy (non-hydrogen) atoms. The van der Waals surface area contributed by atoms with Crippen molar-refractivity contribution in [2.24, 2.45) is 11.8 Å². The predicted octanol–water partition coefficient (Wildman–Crippen LogP) is 3.42. The molecule has 0 radical (unpaired) electrons. The summed E-state index contributed by atoms with van der Waals surface area (Å²) in [4.78, 5) is 38.4. The molecule has 0 aliphatic heterocycles. The topological polar surface area (TPSA) is 83.5 Å². The Morgan fingerprint density at radius 3 is 2.52 bits per heavy atom. The van der Waals surface area contributed by atoms with E-state index < -0.39 is 29.1 Å². The van der Waals surface area contributed by atoms with Crippen molar-refractivity contribution in [3.63, 3.8) is 0 Å². The summed E-state index contributed by atoms with van der Waals surface area (Å²) in [6, 6.07) is 16.7. The van der Waals surface area contributed by atoms with Crippen LogP contribution < -0.4 is 5.32 Å². The molecule has 1 saturated carbocycles. The van der Waals surface area contributed by atoms with Gasteiger partial charge >= 0.3 is 5.97 Å². The molecule has 0 bridgehead atoms. The summed E-state index contributed by atoms with van der Waals surface area (Å²) in [5.41, 5.74) is 3.06. The van der Waals surface area contributed by atoms with Gasteiger partial charge in [-0.1, -0.05) is 61.0 Å². The molecule has 0 spiro atoms. The smallest absolute Gasteiger partial charge is 0.307 e. The van der Waals surface area contributed by atoms with Crippen LogP contribution in [0, 0.1) is 11.8 Å². The highest BCUT2D eigenvalue weighted by Crippen LogP contribution is 2.45. The van der Waals surface area contributed by atoms with Gasteiger partial charge in [0.15, 0.2) is 5.78 Å². The quantitative estimate of drug-likeness (QED) is 0.626. The van der Waals surface area contributed by atoms with Crippen molar-refractivity contribution in [3.05, 3.63) is 71.3 Å². The second kappa shape index (κ2) is 9.27. The average Bonchev–Trinajstić information content (AvgIpc) is 2.89. The minimum atomic E-state index is -0.927. The Balaban J connectivity index is 1.59. The summed E-state index contributed by atoms with van der Waals surface area (Å²) in [5.74, 6) is -2.84. The number of carboxylic acid groups (broad SMARTS) is 1. The Labute approximate surface area is 187 Å². The number of carbonyl (C=O) groups is 3. The largest absolute Gasteiger partial charge is 0.481 e. The highest BCUT2D eigenvalue weighted by atomic mass is 32.1. The van der Waals surface area contributed by atoms with E-state index in [0.29, 0.717) is 19.3 Å². The lowest BCUT2D eigenvalue weighted by molar-refractivity contribution is -0.149. The van der Waals surface area contributed by atoms with Gasteiger partial charge in [0.2, 0.25) is 5.91 Å². The number of Topliss-reactive ketones (excluding diaryl/α,β-unsaturated/α-hetero) is 1. The van der Waals surface area contributed by atoms with E-state index in [1.165, 1.54) is 0 Å². The lowest BCUT2D eigenvalue weighted by Gasteiger charge is -2.35. The van der Waals surface area contributed by atoms with Crippen LogP contribution in [0.4, 0.5) is 0 Å². The molecule has 162 valence electrons. The zero-order valence-electron chi connectivity index (χ0n) is 17.2. The van der Waals surface area contributed by atoms with E-state index >= 15 is 0 Å². The van der Waals surface area contributed by atoms with Crippen LogP contribution in [0.25, 0.3) is 0 Å². The SMILES string of the molecule is O=C(N[C@H]1Cc2ccccc2C2CCC[C@@H](C(=O)O)C2C1=O)[C@H](S)Cc1ccccc1. The second-order valence-electron chi connectivity index (χ2n) is 8.58. The number of rotatable bonds is 5. The monoisotopic (exact) mass is 437 g/mol. The summed E-state index contributed by atoms with van der Waals surface area (Å²) in [5, 5.41) is 12.1. The van der Waals surface area contributed by atoms with E-state index in [2.05, 4.69) is 17.9 Å². The molecule has 2 unspecified atom stereocenters. The fraction of sp³-hybridized carbons (Fsp3) is 0.400. The van der Waals surface area contributed by atoms with E-state index in [4.69, 9.17) is 0 Å². The number of aliphatic carboxylic acids is 1. The van der Waals surface area contributed by atoms with E-state index in [9.17, 15) is 19.5 Å². The molecule has 0 heterocycles. The lowest BCUT2D eigenvalue weighted by Crippen LogP contribution is -2.50.